The van der Waals surface area contributed by atoms with Crippen LogP contribution in [0.1, 0.15) is 0 Å². The van der Waals surface area contributed by atoms with Gasteiger partial charge in [-0.25, -0.2) is 9.37 Å². The maximum absolute atomic E-state index is 12.9. The summed E-state index contributed by atoms with van der Waals surface area (Å²) in [7, 11) is 0. The van der Waals surface area contributed by atoms with Gasteiger partial charge in [-0.15, -0.1) is 0 Å². The van der Waals surface area contributed by atoms with Crippen LogP contribution in [0.2, 0.25) is 10.0 Å². The third-order valence-corrected chi connectivity index (χ3v) is 3.45. The number of nitrogens with zero attached hydrogens (tertiary/aromatic N) is 2. The van der Waals surface area contributed by atoms with E-state index in [0.29, 0.717) is 26.8 Å². The van der Waals surface area contributed by atoms with Gasteiger partial charge in [-0.3, -0.25) is 4.98 Å². The molecule has 0 atom stereocenters. The Morgan fingerprint density at radius 2 is 1.53 bits per heavy atom. The Hall–Kier alpha value is -1.71. The SMILES string of the molecule is Fc1ccc(-c2cnc3cc(Cl)c(Cl)cc3n2)cc1. The lowest BCUT2D eigenvalue weighted by molar-refractivity contribution is 0.628. The van der Waals surface area contributed by atoms with Crippen molar-refractivity contribution in [3.63, 3.8) is 0 Å². The summed E-state index contributed by atoms with van der Waals surface area (Å²) in [6, 6.07) is 9.41. The average Bonchev–Trinajstić information content (AvgIpc) is 2.40. The van der Waals surface area contributed by atoms with Crippen LogP contribution in [-0.4, -0.2) is 9.97 Å². The highest BCUT2D eigenvalue weighted by Crippen LogP contribution is 2.27. The van der Waals surface area contributed by atoms with E-state index in [-0.39, 0.29) is 5.82 Å². The van der Waals surface area contributed by atoms with Gasteiger partial charge in [0.2, 0.25) is 0 Å². The van der Waals surface area contributed by atoms with Crippen molar-refractivity contribution < 1.29 is 4.39 Å². The molecule has 0 amide bonds. The molecule has 94 valence electrons. The van der Waals surface area contributed by atoms with Gasteiger partial charge in [-0.05, 0) is 36.4 Å². The first-order valence-electron chi connectivity index (χ1n) is 5.51. The smallest absolute Gasteiger partial charge is 0.123 e. The molecule has 1 heterocycles. The van der Waals surface area contributed by atoms with Crippen molar-refractivity contribution in [2.24, 2.45) is 0 Å². The first-order valence-corrected chi connectivity index (χ1v) is 6.27. The molecule has 0 aliphatic heterocycles. The van der Waals surface area contributed by atoms with Crippen LogP contribution in [0.5, 0.6) is 0 Å². The first kappa shape index (κ1) is 12.3. The monoisotopic (exact) mass is 292 g/mol. The van der Waals surface area contributed by atoms with Crippen molar-refractivity contribution in [3.05, 3.63) is 58.5 Å². The van der Waals surface area contributed by atoms with E-state index >= 15 is 0 Å². The number of rotatable bonds is 1. The van der Waals surface area contributed by atoms with Gasteiger partial charge in [-0.2, -0.15) is 0 Å². The van der Waals surface area contributed by atoms with E-state index in [0.717, 1.165) is 5.56 Å². The number of benzene rings is 2. The van der Waals surface area contributed by atoms with Gasteiger partial charge in [-0.1, -0.05) is 23.2 Å². The molecule has 2 aromatic carbocycles. The van der Waals surface area contributed by atoms with E-state index in [1.54, 1.807) is 30.5 Å². The minimum atomic E-state index is -0.285. The number of halogens is 3. The largest absolute Gasteiger partial charge is 0.252 e. The zero-order valence-electron chi connectivity index (χ0n) is 9.57. The summed E-state index contributed by atoms with van der Waals surface area (Å²) >= 11 is 11.9. The summed E-state index contributed by atoms with van der Waals surface area (Å²) in [6.07, 6.45) is 1.62. The molecular formula is C14H7Cl2FN2. The molecule has 19 heavy (non-hydrogen) atoms. The Balaban J connectivity index is 2.16. The Kier molecular flexibility index (Phi) is 3.09. The molecule has 3 rings (SSSR count). The maximum atomic E-state index is 12.9. The second kappa shape index (κ2) is 4.76. The average molecular weight is 293 g/mol. The molecular weight excluding hydrogens is 286 g/mol. The molecule has 0 aliphatic rings. The second-order valence-corrected chi connectivity index (χ2v) is 4.83. The number of aromatic nitrogens is 2. The molecule has 5 heteroatoms. The van der Waals surface area contributed by atoms with Gasteiger partial charge in [0.25, 0.3) is 0 Å². The van der Waals surface area contributed by atoms with E-state index < -0.39 is 0 Å². The predicted octanol–water partition coefficient (Wildman–Crippen LogP) is 4.74. The molecule has 0 radical (unpaired) electrons. The van der Waals surface area contributed by atoms with Crippen LogP contribution < -0.4 is 0 Å². The van der Waals surface area contributed by atoms with Crippen molar-refractivity contribution >= 4 is 34.2 Å². The van der Waals surface area contributed by atoms with Crippen LogP contribution in [0.3, 0.4) is 0 Å². The van der Waals surface area contributed by atoms with Gasteiger partial charge in [0.1, 0.15) is 5.82 Å². The molecule has 1 aromatic heterocycles. The highest BCUT2D eigenvalue weighted by Gasteiger charge is 2.06. The van der Waals surface area contributed by atoms with Gasteiger partial charge >= 0.3 is 0 Å². The topological polar surface area (TPSA) is 25.8 Å². The molecule has 0 N–H and O–H groups in total. The summed E-state index contributed by atoms with van der Waals surface area (Å²) < 4.78 is 12.9. The Labute approximate surface area is 118 Å². The summed E-state index contributed by atoms with van der Waals surface area (Å²) in [5.41, 5.74) is 2.77. The fraction of sp³-hybridized carbons (Fsp3) is 0. The van der Waals surface area contributed by atoms with Crippen molar-refractivity contribution in [3.8, 4) is 11.3 Å². The second-order valence-electron chi connectivity index (χ2n) is 4.02. The summed E-state index contributed by atoms with van der Waals surface area (Å²) in [5, 5.41) is 0.873. The normalized spacial score (nSPS) is 10.9. The molecule has 0 aliphatic carbocycles. The summed E-state index contributed by atoms with van der Waals surface area (Å²) in [5.74, 6) is -0.285. The molecule has 3 aromatic rings. The Morgan fingerprint density at radius 3 is 2.21 bits per heavy atom. The molecule has 0 spiro atoms. The first-order chi connectivity index (χ1) is 9.13. The lowest BCUT2D eigenvalue weighted by atomic mass is 10.1. The number of hydrogen-bond acceptors (Lipinski definition) is 2. The summed E-state index contributed by atoms with van der Waals surface area (Å²) in [4.78, 5) is 8.73. The predicted molar refractivity (Wildman–Crippen MR) is 75.0 cm³/mol. The van der Waals surface area contributed by atoms with E-state index in [2.05, 4.69) is 9.97 Å². The molecule has 0 saturated carbocycles. The minimum Gasteiger partial charge on any atom is -0.252 e. The van der Waals surface area contributed by atoms with Crippen molar-refractivity contribution in [1.29, 1.82) is 0 Å². The van der Waals surface area contributed by atoms with Crippen molar-refractivity contribution in [1.82, 2.24) is 9.97 Å². The number of fused-ring (bicyclic) bond motifs is 1. The third-order valence-electron chi connectivity index (χ3n) is 2.72. The van der Waals surface area contributed by atoms with E-state index in [1.165, 1.54) is 12.1 Å². The Morgan fingerprint density at radius 1 is 0.895 bits per heavy atom. The lowest BCUT2D eigenvalue weighted by Crippen LogP contribution is -1.89. The van der Waals surface area contributed by atoms with E-state index in [1.807, 2.05) is 0 Å². The van der Waals surface area contributed by atoms with Crippen molar-refractivity contribution in [2.45, 2.75) is 0 Å². The van der Waals surface area contributed by atoms with E-state index in [4.69, 9.17) is 23.2 Å². The fourth-order valence-electron chi connectivity index (χ4n) is 1.77. The van der Waals surface area contributed by atoms with Crippen LogP contribution in [-0.2, 0) is 0 Å². The molecule has 0 saturated heterocycles. The molecule has 2 nitrogen and oxygen atoms in total. The van der Waals surface area contributed by atoms with Gasteiger partial charge in [0.15, 0.2) is 0 Å². The van der Waals surface area contributed by atoms with Gasteiger partial charge in [0.05, 0.1) is 33.0 Å². The minimum absolute atomic E-state index is 0.285. The lowest BCUT2D eigenvalue weighted by Gasteiger charge is -2.04. The van der Waals surface area contributed by atoms with E-state index in [9.17, 15) is 4.39 Å². The highest BCUT2D eigenvalue weighted by molar-refractivity contribution is 6.42. The molecule has 0 bridgehead atoms. The standard InChI is InChI=1S/C14H7Cl2FN2/c15-10-5-12-13(6-11(10)16)19-14(7-18-12)8-1-3-9(17)4-2-8/h1-7H. The third kappa shape index (κ3) is 2.39. The zero-order chi connectivity index (χ0) is 13.4. The quantitative estimate of drug-likeness (QED) is 0.647. The zero-order valence-corrected chi connectivity index (χ0v) is 11.1. The van der Waals surface area contributed by atoms with Crippen LogP contribution in [0, 0.1) is 5.82 Å². The summed E-state index contributed by atoms with van der Waals surface area (Å²) in [6.45, 7) is 0. The Bertz CT molecular complexity index is 757. The van der Waals surface area contributed by atoms with Crippen LogP contribution in [0.25, 0.3) is 22.3 Å². The fourth-order valence-corrected chi connectivity index (χ4v) is 2.08. The van der Waals surface area contributed by atoms with Gasteiger partial charge < -0.3 is 0 Å². The van der Waals surface area contributed by atoms with Crippen LogP contribution >= 0.6 is 23.2 Å². The van der Waals surface area contributed by atoms with Crippen LogP contribution in [0.15, 0.2) is 42.6 Å². The molecule has 0 fully saturated rings. The van der Waals surface area contributed by atoms with Gasteiger partial charge in [0, 0.05) is 5.56 Å². The molecule has 0 unspecified atom stereocenters. The highest BCUT2D eigenvalue weighted by atomic mass is 35.5. The van der Waals surface area contributed by atoms with Crippen LogP contribution in [0.4, 0.5) is 4.39 Å². The van der Waals surface area contributed by atoms with Crippen molar-refractivity contribution in [2.75, 3.05) is 0 Å². The number of hydrogen-bond donors (Lipinski definition) is 0. The maximum Gasteiger partial charge on any atom is 0.123 e.